The topological polar surface area (TPSA) is 111 Å². The molecule has 1 aliphatic heterocycles. The Hall–Kier alpha value is -3.59. The number of aromatic nitrogens is 5. The number of anilines is 2. The predicted molar refractivity (Wildman–Crippen MR) is 119 cm³/mol. The van der Waals surface area contributed by atoms with Gasteiger partial charge in [-0.15, -0.1) is 0 Å². The zero-order valence-corrected chi connectivity index (χ0v) is 18.1. The van der Waals surface area contributed by atoms with Gasteiger partial charge in [-0.1, -0.05) is 31.0 Å². The van der Waals surface area contributed by atoms with Crippen molar-refractivity contribution in [2.75, 3.05) is 11.1 Å². The summed E-state index contributed by atoms with van der Waals surface area (Å²) in [7, 11) is 0. The summed E-state index contributed by atoms with van der Waals surface area (Å²) in [5.74, 6) is -0.326. The molecule has 0 spiro atoms. The fourth-order valence-corrected chi connectivity index (χ4v) is 4.23. The summed E-state index contributed by atoms with van der Waals surface area (Å²) < 4.78 is 16.0. The average Bonchev–Trinajstić information content (AvgIpc) is 3.33. The van der Waals surface area contributed by atoms with Crippen LogP contribution in [-0.4, -0.2) is 30.2 Å². The highest BCUT2D eigenvalue weighted by molar-refractivity contribution is 6.30. The summed E-state index contributed by atoms with van der Waals surface area (Å²) in [4.78, 5) is 31.1. The van der Waals surface area contributed by atoms with E-state index in [1.54, 1.807) is 25.4 Å². The first-order valence-electron chi connectivity index (χ1n) is 10.1. The lowest BCUT2D eigenvalue weighted by molar-refractivity contribution is -0.119. The molecule has 0 saturated heterocycles. The number of aryl methyl sites for hydroxylation is 1. The molecule has 162 valence electrons. The molecule has 10 heteroatoms. The van der Waals surface area contributed by atoms with Gasteiger partial charge in [-0.2, -0.15) is 0 Å². The second kappa shape index (κ2) is 7.23. The van der Waals surface area contributed by atoms with Gasteiger partial charge in [-0.25, -0.2) is 24.3 Å². The Bertz CT molecular complexity index is 1400. The van der Waals surface area contributed by atoms with E-state index in [2.05, 4.69) is 27.2 Å². The fraction of sp³-hybridized carbons (Fsp3) is 0.227. The van der Waals surface area contributed by atoms with E-state index < -0.39 is 11.2 Å². The number of nitrogens with one attached hydrogen (secondary N) is 1. The molecule has 0 fully saturated rings. The molecule has 5 rings (SSSR count). The van der Waals surface area contributed by atoms with Crippen molar-refractivity contribution in [2.24, 2.45) is 0 Å². The number of amides is 1. The number of carbonyl (C=O) groups is 1. The number of hydrogen-bond donors (Lipinski definition) is 2. The lowest BCUT2D eigenvalue weighted by Crippen LogP contribution is -2.33. The lowest BCUT2D eigenvalue weighted by atomic mass is 9.77. The van der Waals surface area contributed by atoms with Crippen LogP contribution in [0.5, 0.6) is 0 Å². The molecule has 4 aromatic rings. The maximum absolute atomic E-state index is 14.2. The number of halogens is 2. The summed E-state index contributed by atoms with van der Waals surface area (Å²) in [6, 6.07) is 4.24. The molecule has 8 nitrogen and oxygen atoms in total. The van der Waals surface area contributed by atoms with Crippen LogP contribution in [0.2, 0.25) is 5.02 Å². The first-order chi connectivity index (χ1) is 15.3. The normalized spacial score (nSPS) is 17.6. The molecular weight excluding hydrogens is 433 g/mol. The van der Waals surface area contributed by atoms with Crippen molar-refractivity contribution in [2.45, 2.75) is 32.1 Å². The van der Waals surface area contributed by atoms with Gasteiger partial charge in [-0.05, 0) is 31.0 Å². The van der Waals surface area contributed by atoms with E-state index in [1.165, 1.54) is 12.1 Å². The molecule has 3 N–H and O–H groups in total. The smallest absolute Gasteiger partial charge is 0.240 e. The van der Waals surface area contributed by atoms with E-state index in [4.69, 9.17) is 22.3 Å². The number of fused-ring (bicyclic) bond motifs is 2. The van der Waals surface area contributed by atoms with Gasteiger partial charge in [0.25, 0.3) is 0 Å². The number of rotatable bonds is 4. The van der Waals surface area contributed by atoms with Crippen LogP contribution in [-0.2, 0) is 16.6 Å². The number of carbonyl (C=O) groups excluding carboxylic acids is 1. The first kappa shape index (κ1) is 20.3. The highest BCUT2D eigenvalue weighted by atomic mass is 35.5. The van der Waals surface area contributed by atoms with Crippen molar-refractivity contribution < 1.29 is 9.18 Å². The third-order valence-corrected chi connectivity index (χ3v) is 6.09. The van der Waals surface area contributed by atoms with Crippen molar-refractivity contribution in [1.29, 1.82) is 0 Å². The Morgan fingerprint density at radius 1 is 1.28 bits per heavy atom. The maximum atomic E-state index is 14.2. The summed E-state index contributed by atoms with van der Waals surface area (Å²) in [5.41, 5.74) is 7.97. The third kappa shape index (κ3) is 2.92. The lowest BCUT2D eigenvalue weighted by Gasteiger charge is -2.23. The Kier molecular flexibility index (Phi) is 4.59. The largest absolute Gasteiger partial charge is 0.383 e. The van der Waals surface area contributed by atoms with Crippen LogP contribution in [0.4, 0.5) is 16.0 Å². The molecule has 0 bridgehead atoms. The van der Waals surface area contributed by atoms with Crippen LogP contribution in [0.15, 0.2) is 36.8 Å². The van der Waals surface area contributed by atoms with Gasteiger partial charge < -0.3 is 15.5 Å². The Morgan fingerprint density at radius 3 is 2.84 bits per heavy atom. The van der Waals surface area contributed by atoms with E-state index in [0.29, 0.717) is 16.8 Å². The summed E-state index contributed by atoms with van der Waals surface area (Å²) >= 11 is 5.82. The summed E-state index contributed by atoms with van der Waals surface area (Å²) in [6.45, 7) is 3.72. The van der Waals surface area contributed by atoms with Gasteiger partial charge in [0, 0.05) is 18.6 Å². The average molecular weight is 452 g/mol. The van der Waals surface area contributed by atoms with Gasteiger partial charge in [0.2, 0.25) is 5.91 Å². The monoisotopic (exact) mass is 451 g/mol. The van der Waals surface area contributed by atoms with E-state index in [-0.39, 0.29) is 28.4 Å². The molecule has 0 radical (unpaired) electrons. The van der Waals surface area contributed by atoms with Crippen LogP contribution in [0.25, 0.3) is 17.2 Å². The molecule has 1 unspecified atom stereocenters. The van der Waals surface area contributed by atoms with E-state index in [9.17, 15) is 9.18 Å². The zero-order chi connectivity index (χ0) is 22.6. The van der Waals surface area contributed by atoms with Crippen LogP contribution in [0, 0.1) is 5.82 Å². The Balaban J connectivity index is 1.66. The number of nitrogen functional groups attached to an aromatic ring is 1. The third-order valence-electron chi connectivity index (χ3n) is 5.78. The second-order valence-corrected chi connectivity index (χ2v) is 8.25. The van der Waals surface area contributed by atoms with Crippen LogP contribution >= 0.6 is 11.6 Å². The number of nitrogens with zero attached hydrogens (tertiary/aromatic N) is 5. The number of imidazole rings is 1. The molecule has 1 amide bonds. The predicted octanol–water partition coefficient (Wildman–Crippen LogP) is 3.77. The second-order valence-electron chi connectivity index (χ2n) is 7.85. The minimum absolute atomic E-state index is 0.0283. The van der Waals surface area contributed by atoms with Gasteiger partial charge >= 0.3 is 0 Å². The molecule has 3 aromatic heterocycles. The molecule has 1 atom stereocenters. The number of nitrogens with two attached hydrogens (primary N) is 1. The van der Waals surface area contributed by atoms with Crippen molar-refractivity contribution in [3.63, 3.8) is 0 Å². The molecule has 1 aliphatic rings. The Labute approximate surface area is 187 Å². The molecule has 1 aromatic carbocycles. The van der Waals surface area contributed by atoms with Gasteiger partial charge in [0.05, 0.1) is 16.3 Å². The van der Waals surface area contributed by atoms with Gasteiger partial charge in [-0.3, -0.25) is 4.79 Å². The molecule has 32 heavy (non-hydrogen) atoms. The molecule has 0 saturated carbocycles. The zero-order valence-electron chi connectivity index (χ0n) is 17.4. The van der Waals surface area contributed by atoms with E-state index in [1.807, 2.05) is 10.6 Å². The number of hydrogen-bond acceptors (Lipinski definition) is 6. The van der Waals surface area contributed by atoms with Crippen molar-refractivity contribution >= 4 is 34.8 Å². The Morgan fingerprint density at radius 2 is 2.09 bits per heavy atom. The van der Waals surface area contributed by atoms with Gasteiger partial charge in [0.1, 0.15) is 28.6 Å². The highest BCUT2D eigenvalue weighted by Gasteiger charge is 2.47. The maximum Gasteiger partial charge on any atom is 0.240 e. The number of benzene rings is 1. The first-order valence-corrected chi connectivity index (χ1v) is 10.5. The van der Waals surface area contributed by atoms with Crippen LogP contribution in [0.1, 0.15) is 37.1 Å². The minimum atomic E-state index is -1.27. The fourth-order valence-electron chi connectivity index (χ4n) is 4.11. The van der Waals surface area contributed by atoms with E-state index >= 15 is 0 Å². The van der Waals surface area contributed by atoms with Crippen molar-refractivity contribution in [3.8, 4) is 11.5 Å². The SMILES string of the molecule is CCCc1nc(-c2nc(N)c3c(n2)NC(=O)C3(C)c2ccc(Cl)c(F)c2)cn2ccnc12. The van der Waals surface area contributed by atoms with Crippen molar-refractivity contribution in [1.82, 2.24) is 24.3 Å². The molecule has 4 heterocycles. The van der Waals surface area contributed by atoms with Gasteiger partial charge in [0.15, 0.2) is 11.5 Å². The quantitative estimate of drug-likeness (QED) is 0.488. The van der Waals surface area contributed by atoms with Crippen LogP contribution in [0.3, 0.4) is 0 Å². The highest BCUT2D eigenvalue weighted by Crippen LogP contribution is 2.45. The summed E-state index contributed by atoms with van der Waals surface area (Å²) in [5, 5.41) is 2.74. The molecule has 0 aliphatic carbocycles. The van der Waals surface area contributed by atoms with Crippen LogP contribution < -0.4 is 11.1 Å². The standard InChI is InChI=1S/C22H19ClFN7O/c1-3-4-14-20-26-7-8-31(20)10-15(27-14)18-28-17(25)16-19(29-18)30-21(32)22(16,2)11-5-6-12(23)13(24)9-11/h5-10H,3-4H2,1-2H3,(H3,25,28,29,30,32). The summed E-state index contributed by atoms with van der Waals surface area (Å²) in [6.07, 6.45) is 6.94. The van der Waals surface area contributed by atoms with E-state index in [0.717, 1.165) is 24.2 Å². The minimum Gasteiger partial charge on any atom is -0.383 e. The van der Waals surface area contributed by atoms with Crippen molar-refractivity contribution in [3.05, 3.63) is 64.5 Å². The molecular formula is C22H19ClFN7O.